The molecule has 0 radical (unpaired) electrons. The van der Waals surface area contributed by atoms with Crippen molar-refractivity contribution < 1.29 is 19.1 Å². The zero-order chi connectivity index (χ0) is 20.3. The van der Waals surface area contributed by atoms with Gasteiger partial charge >= 0.3 is 0 Å². The normalized spacial score (nSPS) is 22.8. The van der Waals surface area contributed by atoms with Crippen LogP contribution in [0.25, 0.3) is 6.08 Å². The number of aliphatic hydroxyl groups excluding tert-OH is 1. The molecule has 2 aliphatic rings. The molecule has 2 fully saturated rings. The second-order valence-electron chi connectivity index (χ2n) is 6.97. The minimum atomic E-state index is -0.703. The first-order valence-electron chi connectivity index (χ1n) is 9.36. The number of aliphatic hydroxyl groups is 1. The predicted octanol–water partition coefficient (Wildman–Crippen LogP) is 3.18. The average Bonchev–Trinajstić information content (AvgIpc) is 2.96. The van der Waals surface area contributed by atoms with Gasteiger partial charge in [0.1, 0.15) is 16.2 Å². The topological polar surface area (TPSA) is 60.9 Å². The van der Waals surface area contributed by atoms with E-state index in [0.29, 0.717) is 27.8 Å². The van der Waals surface area contributed by atoms with Crippen LogP contribution in [0.2, 0.25) is 0 Å². The van der Waals surface area contributed by atoms with Crippen LogP contribution >= 0.6 is 24.0 Å². The zero-order valence-electron chi connectivity index (χ0n) is 15.6. The summed E-state index contributed by atoms with van der Waals surface area (Å²) >= 11 is 6.51. The van der Waals surface area contributed by atoms with Crippen LogP contribution in [0.3, 0.4) is 0 Å². The van der Waals surface area contributed by atoms with Crippen molar-refractivity contribution in [1.82, 2.24) is 9.80 Å². The molecule has 0 aliphatic carbocycles. The zero-order valence-corrected chi connectivity index (χ0v) is 17.3. The lowest BCUT2D eigenvalue weighted by atomic mass is 9.98. The van der Waals surface area contributed by atoms with E-state index >= 15 is 0 Å². The van der Waals surface area contributed by atoms with Crippen LogP contribution in [0.5, 0.6) is 0 Å². The molecule has 0 unspecified atom stereocenters. The van der Waals surface area contributed by atoms with Gasteiger partial charge < -0.3 is 10.0 Å². The minimum absolute atomic E-state index is 0.00172. The van der Waals surface area contributed by atoms with Crippen LogP contribution < -0.4 is 0 Å². The van der Waals surface area contributed by atoms with Crippen LogP contribution in [0.4, 0.5) is 4.39 Å². The van der Waals surface area contributed by atoms with Gasteiger partial charge in [-0.2, -0.15) is 0 Å². The quantitative estimate of drug-likeness (QED) is 0.583. The number of carbonyl (C=O) groups is 2. The monoisotopic (exact) mass is 422 g/mol. The second-order valence-corrected chi connectivity index (χ2v) is 8.65. The molecule has 150 valence electrons. The van der Waals surface area contributed by atoms with Crippen molar-refractivity contribution >= 4 is 46.2 Å². The van der Waals surface area contributed by atoms with Crippen molar-refractivity contribution in [1.29, 1.82) is 0 Å². The van der Waals surface area contributed by atoms with Gasteiger partial charge in [0.05, 0.1) is 4.91 Å². The Morgan fingerprint density at radius 3 is 2.79 bits per heavy atom. The van der Waals surface area contributed by atoms with E-state index < -0.39 is 6.04 Å². The first-order valence-corrected chi connectivity index (χ1v) is 10.6. The van der Waals surface area contributed by atoms with Crippen LogP contribution in [0, 0.1) is 5.82 Å². The maximum atomic E-state index is 13.1. The molecule has 1 N–H and O–H groups in total. The average molecular weight is 423 g/mol. The number of nitrogens with zero attached hydrogens (tertiary/aromatic N) is 2. The van der Waals surface area contributed by atoms with Gasteiger partial charge in [0.15, 0.2) is 0 Å². The number of halogens is 1. The van der Waals surface area contributed by atoms with E-state index in [4.69, 9.17) is 12.2 Å². The Morgan fingerprint density at radius 2 is 2.11 bits per heavy atom. The number of piperidine rings is 1. The van der Waals surface area contributed by atoms with Crippen molar-refractivity contribution in [3.63, 3.8) is 0 Å². The SMILES string of the molecule is C[C@@H](C(=O)N1CCCC[C@@H]1CCO)N1C(=O)/C(=C/c2ccc(F)cc2)SC1=S. The number of likely N-dealkylation sites (tertiary alicyclic amines) is 1. The van der Waals surface area contributed by atoms with Gasteiger partial charge in [0, 0.05) is 19.2 Å². The van der Waals surface area contributed by atoms with Gasteiger partial charge in [-0.15, -0.1) is 0 Å². The third-order valence-electron chi connectivity index (χ3n) is 5.11. The Balaban J connectivity index is 1.76. The molecule has 0 bridgehead atoms. The summed E-state index contributed by atoms with van der Waals surface area (Å²) in [5, 5.41) is 9.29. The highest BCUT2D eigenvalue weighted by Gasteiger charge is 2.40. The second kappa shape index (κ2) is 9.15. The molecule has 2 atom stereocenters. The highest BCUT2D eigenvalue weighted by Crippen LogP contribution is 2.35. The Hall–Kier alpha value is -1.77. The minimum Gasteiger partial charge on any atom is -0.396 e. The largest absolute Gasteiger partial charge is 0.396 e. The van der Waals surface area contributed by atoms with E-state index in [1.54, 1.807) is 30.0 Å². The fraction of sp³-hybridized carbons (Fsp3) is 0.450. The van der Waals surface area contributed by atoms with Gasteiger partial charge in [0.25, 0.3) is 5.91 Å². The molecule has 3 rings (SSSR count). The van der Waals surface area contributed by atoms with E-state index in [9.17, 15) is 19.1 Å². The molecule has 0 spiro atoms. The summed E-state index contributed by atoms with van der Waals surface area (Å²) in [4.78, 5) is 29.5. The first-order chi connectivity index (χ1) is 13.4. The molecule has 0 aromatic heterocycles. The number of amides is 2. The summed E-state index contributed by atoms with van der Waals surface area (Å²) in [6.07, 6.45) is 5.02. The van der Waals surface area contributed by atoms with Crippen LogP contribution in [-0.4, -0.2) is 56.3 Å². The summed E-state index contributed by atoms with van der Waals surface area (Å²) in [6.45, 7) is 2.36. The number of hydrogen-bond donors (Lipinski definition) is 1. The highest BCUT2D eigenvalue weighted by atomic mass is 32.2. The maximum Gasteiger partial charge on any atom is 0.266 e. The van der Waals surface area contributed by atoms with Gasteiger partial charge in [-0.05, 0) is 56.4 Å². The van der Waals surface area contributed by atoms with Gasteiger partial charge in [-0.1, -0.05) is 36.1 Å². The van der Waals surface area contributed by atoms with Crippen molar-refractivity contribution in [2.45, 2.75) is 44.7 Å². The van der Waals surface area contributed by atoms with E-state index in [1.165, 1.54) is 17.0 Å². The van der Waals surface area contributed by atoms with Gasteiger partial charge in [-0.3, -0.25) is 14.5 Å². The van der Waals surface area contributed by atoms with Gasteiger partial charge in [-0.25, -0.2) is 4.39 Å². The number of hydrogen-bond acceptors (Lipinski definition) is 5. The molecule has 2 heterocycles. The molecule has 2 amide bonds. The number of benzene rings is 1. The summed E-state index contributed by atoms with van der Waals surface area (Å²) in [6, 6.07) is 5.13. The first kappa shape index (κ1) is 21.0. The lowest BCUT2D eigenvalue weighted by molar-refractivity contribution is -0.142. The number of rotatable bonds is 5. The molecule has 8 heteroatoms. The smallest absolute Gasteiger partial charge is 0.266 e. The van der Waals surface area contributed by atoms with Crippen LogP contribution in [0.15, 0.2) is 29.2 Å². The predicted molar refractivity (Wildman–Crippen MR) is 112 cm³/mol. The Labute approximate surface area is 173 Å². The van der Waals surface area contributed by atoms with E-state index in [-0.39, 0.29) is 30.3 Å². The lowest BCUT2D eigenvalue weighted by Gasteiger charge is -2.38. The summed E-state index contributed by atoms with van der Waals surface area (Å²) in [7, 11) is 0. The third-order valence-corrected chi connectivity index (χ3v) is 6.44. The summed E-state index contributed by atoms with van der Waals surface area (Å²) < 4.78 is 13.4. The molecule has 1 aromatic rings. The van der Waals surface area contributed by atoms with E-state index in [2.05, 4.69) is 0 Å². The Bertz CT molecular complexity index is 795. The molecule has 1 aromatic carbocycles. The lowest BCUT2D eigenvalue weighted by Crippen LogP contribution is -2.53. The van der Waals surface area contributed by atoms with Crippen molar-refractivity contribution in [2.24, 2.45) is 0 Å². The van der Waals surface area contributed by atoms with Crippen molar-refractivity contribution in [3.8, 4) is 0 Å². The van der Waals surface area contributed by atoms with Crippen LogP contribution in [-0.2, 0) is 9.59 Å². The number of thioether (sulfide) groups is 1. The number of carbonyl (C=O) groups excluding carboxylic acids is 2. The standard InChI is InChI=1S/C20H23FN2O3S2/c1-13(18(25)22-10-3-2-4-16(22)9-11-24)23-19(26)17(28-20(23)27)12-14-5-7-15(21)8-6-14/h5-8,12-13,16,24H,2-4,9-11H2,1H3/b17-12-/t13-,16+/m0/s1. The highest BCUT2D eigenvalue weighted by molar-refractivity contribution is 8.26. The third kappa shape index (κ3) is 4.45. The molecule has 5 nitrogen and oxygen atoms in total. The Morgan fingerprint density at radius 1 is 1.39 bits per heavy atom. The molecular formula is C20H23FN2O3S2. The van der Waals surface area contributed by atoms with E-state index in [1.807, 2.05) is 0 Å². The summed E-state index contributed by atoms with van der Waals surface area (Å²) in [5.41, 5.74) is 0.694. The molecule has 2 aliphatic heterocycles. The summed E-state index contributed by atoms with van der Waals surface area (Å²) in [5.74, 6) is -0.795. The molecule has 28 heavy (non-hydrogen) atoms. The van der Waals surface area contributed by atoms with E-state index in [0.717, 1.165) is 31.0 Å². The Kier molecular flexibility index (Phi) is 6.85. The van der Waals surface area contributed by atoms with Gasteiger partial charge in [0.2, 0.25) is 5.91 Å². The fourth-order valence-corrected chi connectivity index (χ4v) is 5.03. The molecular weight excluding hydrogens is 399 g/mol. The van der Waals surface area contributed by atoms with Crippen molar-refractivity contribution in [3.05, 3.63) is 40.6 Å². The van der Waals surface area contributed by atoms with Crippen LogP contribution in [0.1, 0.15) is 38.2 Å². The number of thiocarbonyl (C=S) groups is 1. The fourth-order valence-electron chi connectivity index (χ4n) is 3.61. The molecule has 0 saturated carbocycles. The van der Waals surface area contributed by atoms with Crippen molar-refractivity contribution in [2.75, 3.05) is 13.2 Å². The molecule has 2 saturated heterocycles. The maximum absolute atomic E-state index is 13.1.